The van der Waals surface area contributed by atoms with E-state index in [0.717, 1.165) is 36.8 Å². The summed E-state index contributed by atoms with van der Waals surface area (Å²) in [5.74, 6) is 1.61. The molecule has 0 aliphatic heterocycles. The maximum absolute atomic E-state index is 11.7. The van der Waals surface area contributed by atoms with Crippen molar-refractivity contribution in [3.8, 4) is 5.75 Å². The van der Waals surface area contributed by atoms with Crippen molar-refractivity contribution >= 4 is 11.9 Å². The Morgan fingerprint density at radius 3 is 2.52 bits per heavy atom. The highest BCUT2D eigenvalue weighted by Crippen LogP contribution is 2.12. The van der Waals surface area contributed by atoms with E-state index in [1.54, 1.807) is 21.2 Å². The normalized spacial score (nSPS) is 11.0. The summed E-state index contributed by atoms with van der Waals surface area (Å²) >= 11 is 0. The third-order valence-corrected chi connectivity index (χ3v) is 4.27. The van der Waals surface area contributed by atoms with Crippen molar-refractivity contribution in [1.82, 2.24) is 15.5 Å². The summed E-state index contributed by atoms with van der Waals surface area (Å²) in [5, 5.41) is 6.02. The maximum atomic E-state index is 11.7. The van der Waals surface area contributed by atoms with Crippen LogP contribution in [0.25, 0.3) is 0 Å². The van der Waals surface area contributed by atoms with Crippen LogP contribution < -0.4 is 15.4 Å². The van der Waals surface area contributed by atoms with Gasteiger partial charge in [-0.2, -0.15) is 0 Å². The molecule has 0 saturated carbocycles. The molecule has 2 N–H and O–H groups in total. The van der Waals surface area contributed by atoms with Gasteiger partial charge in [0.2, 0.25) is 0 Å². The van der Waals surface area contributed by atoms with E-state index in [1.165, 1.54) is 5.56 Å². The van der Waals surface area contributed by atoms with Gasteiger partial charge in [0.05, 0.1) is 7.11 Å². The van der Waals surface area contributed by atoms with Gasteiger partial charge in [-0.05, 0) is 41.8 Å². The minimum atomic E-state index is -0.0696. The SMILES string of the molecule is CN=C(NCCc1cccc(C(=O)NC)c1)N(C)Cc1ccc(OC)cc1. The van der Waals surface area contributed by atoms with Crippen molar-refractivity contribution < 1.29 is 9.53 Å². The van der Waals surface area contributed by atoms with Crippen LogP contribution in [0, 0.1) is 0 Å². The number of aliphatic imine (C=N–C) groups is 1. The molecule has 1 amide bonds. The molecule has 2 aromatic carbocycles. The summed E-state index contributed by atoms with van der Waals surface area (Å²) in [5.41, 5.74) is 2.97. The second kappa shape index (κ2) is 10.2. The van der Waals surface area contributed by atoms with E-state index >= 15 is 0 Å². The zero-order chi connectivity index (χ0) is 19.6. The van der Waals surface area contributed by atoms with Gasteiger partial charge >= 0.3 is 0 Å². The highest BCUT2D eigenvalue weighted by Gasteiger charge is 2.08. The molecule has 0 bridgehead atoms. The summed E-state index contributed by atoms with van der Waals surface area (Å²) in [4.78, 5) is 18.2. The minimum Gasteiger partial charge on any atom is -0.497 e. The van der Waals surface area contributed by atoms with Crippen molar-refractivity contribution in [2.75, 3.05) is 34.8 Å². The van der Waals surface area contributed by atoms with E-state index in [4.69, 9.17) is 4.74 Å². The molecule has 27 heavy (non-hydrogen) atoms. The number of methoxy groups -OCH3 is 1. The average molecular weight is 368 g/mol. The standard InChI is InChI=1S/C21H28N4O2/c1-22-20(26)18-7-5-6-16(14-18)12-13-24-21(23-2)25(3)15-17-8-10-19(27-4)11-9-17/h5-11,14H,12-13,15H2,1-4H3,(H,22,26)(H,23,24). The number of nitrogens with one attached hydrogen (secondary N) is 2. The number of amides is 1. The highest BCUT2D eigenvalue weighted by molar-refractivity contribution is 5.94. The van der Waals surface area contributed by atoms with Gasteiger partial charge in [0.15, 0.2) is 5.96 Å². The van der Waals surface area contributed by atoms with Gasteiger partial charge in [-0.25, -0.2) is 0 Å². The van der Waals surface area contributed by atoms with Crippen LogP contribution >= 0.6 is 0 Å². The van der Waals surface area contributed by atoms with Crippen LogP contribution in [-0.2, 0) is 13.0 Å². The Morgan fingerprint density at radius 1 is 1.15 bits per heavy atom. The lowest BCUT2D eigenvalue weighted by molar-refractivity contribution is 0.0963. The Balaban J connectivity index is 1.88. The molecule has 0 atom stereocenters. The fourth-order valence-corrected chi connectivity index (χ4v) is 2.80. The fourth-order valence-electron chi connectivity index (χ4n) is 2.80. The summed E-state index contributed by atoms with van der Waals surface area (Å²) in [6, 6.07) is 15.7. The van der Waals surface area contributed by atoms with E-state index in [0.29, 0.717) is 5.56 Å². The van der Waals surface area contributed by atoms with Crippen molar-refractivity contribution in [2.45, 2.75) is 13.0 Å². The smallest absolute Gasteiger partial charge is 0.251 e. The predicted octanol–water partition coefficient (Wildman–Crippen LogP) is 2.30. The van der Waals surface area contributed by atoms with Gasteiger partial charge in [-0.15, -0.1) is 0 Å². The Kier molecular flexibility index (Phi) is 7.67. The first-order chi connectivity index (χ1) is 13.1. The first kappa shape index (κ1) is 20.3. The van der Waals surface area contributed by atoms with Gasteiger partial charge in [-0.1, -0.05) is 24.3 Å². The monoisotopic (exact) mass is 368 g/mol. The van der Waals surface area contributed by atoms with Gasteiger partial charge in [0.25, 0.3) is 5.91 Å². The molecule has 0 spiro atoms. The lowest BCUT2D eigenvalue weighted by Gasteiger charge is -2.22. The first-order valence-electron chi connectivity index (χ1n) is 8.93. The number of benzene rings is 2. The first-order valence-corrected chi connectivity index (χ1v) is 8.93. The topological polar surface area (TPSA) is 66.0 Å². The summed E-state index contributed by atoms with van der Waals surface area (Å²) in [6.07, 6.45) is 0.806. The molecule has 144 valence electrons. The Morgan fingerprint density at radius 2 is 1.89 bits per heavy atom. The van der Waals surface area contributed by atoms with Gasteiger partial charge in [0, 0.05) is 39.8 Å². The van der Waals surface area contributed by atoms with Gasteiger partial charge in [0.1, 0.15) is 5.75 Å². The molecule has 6 nitrogen and oxygen atoms in total. The second-order valence-corrected chi connectivity index (χ2v) is 6.21. The summed E-state index contributed by atoms with van der Waals surface area (Å²) in [7, 11) is 7.08. The number of ether oxygens (including phenoxy) is 1. The van der Waals surface area contributed by atoms with E-state index in [-0.39, 0.29) is 5.91 Å². The van der Waals surface area contributed by atoms with E-state index in [9.17, 15) is 4.79 Å². The van der Waals surface area contributed by atoms with Crippen LogP contribution in [0.3, 0.4) is 0 Å². The summed E-state index contributed by atoms with van der Waals surface area (Å²) in [6.45, 7) is 1.48. The zero-order valence-electron chi connectivity index (χ0n) is 16.5. The molecule has 0 fully saturated rings. The van der Waals surface area contributed by atoms with E-state index in [2.05, 4.69) is 20.5 Å². The number of guanidine groups is 1. The Bertz CT molecular complexity index is 772. The molecular formula is C21H28N4O2. The van der Waals surface area contributed by atoms with Crippen molar-refractivity contribution in [1.29, 1.82) is 0 Å². The molecule has 0 aliphatic carbocycles. The van der Waals surface area contributed by atoms with E-state index < -0.39 is 0 Å². The van der Waals surface area contributed by atoms with E-state index in [1.807, 2.05) is 55.6 Å². The minimum absolute atomic E-state index is 0.0696. The lowest BCUT2D eigenvalue weighted by Crippen LogP contribution is -2.39. The zero-order valence-corrected chi connectivity index (χ0v) is 16.5. The molecule has 0 heterocycles. The van der Waals surface area contributed by atoms with Crippen LogP contribution in [0.5, 0.6) is 5.75 Å². The van der Waals surface area contributed by atoms with Crippen molar-refractivity contribution in [2.24, 2.45) is 4.99 Å². The quantitative estimate of drug-likeness (QED) is 0.581. The number of hydrogen-bond acceptors (Lipinski definition) is 3. The molecule has 0 radical (unpaired) electrons. The Labute approximate surface area is 161 Å². The maximum Gasteiger partial charge on any atom is 0.251 e. The van der Waals surface area contributed by atoms with Gasteiger partial charge in [-0.3, -0.25) is 9.79 Å². The Hall–Kier alpha value is -3.02. The largest absolute Gasteiger partial charge is 0.497 e. The summed E-state index contributed by atoms with van der Waals surface area (Å²) < 4.78 is 5.19. The molecule has 0 unspecified atom stereocenters. The van der Waals surface area contributed by atoms with Crippen LogP contribution in [0.1, 0.15) is 21.5 Å². The molecule has 0 aromatic heterocycles. The average Bonchev–Trinajstić information content (AvgIpc) is 2.71. The molecule has 0 saturated heterocycles. The lowest BCUT2D eigenvalue weighted by atomic mass is 10.1. The molecule has 0 aliphatic rings. The predicted molar refractivity (Wildman–Crippen MR) is 109 cm³/mol. The van der Waals surface area contributed by atoms with Crippen LogP contribution in [0.4, 0.5) is 0 Å². The second-order valence-electron chi connectivity index (χ2n) is 6.21. The number of rotatable bonds is 7. The van der Waals surface area contributed by atoms with Crippen LogP contribution in [-0.4, -0.2) is 51.6 Å². The molecule has 2 rings (SSSR count). The third kappa shape index (κ3) is 6.02. The van der Waals surface area contributed by atoms with Gasteiger partial charge < -0.3 is 20.3 Å². The van der Waals surface area contributed by atoms with Crippen molar-refractivity contribution in [3.05, 3.63) is 65.2 Å². The van der Waals surface area contributed by atoms with Crippen molar-refractivity contribution in [3.63, 3.8) is 0 Å². The number of nitrogens with zero attached hydrogens (tertiary/aromatic N) is 2. The number of hydrogen-bond donors (Lipinski definition) is 2. The number of carbonyl (C=O) groups is 1. The van der Waals surface area contributed by atoms with Crippen LogP contribution in [0.2, 0.25) is 0 Å². The number of carbonyl (C=O) groups excluding carboxylic acids is 1. The molecule has 2 aromatic rings. The highest BCUT2D eigenvalue weighted by atomic mass is 16.5. The molecular weight excluding hydrogens is 340 g/mol. The fraction of sp³-hybridized carbons (Fsp3) is 0.333. The van der Waals surface area contributed by atoms with Crippen LogP contribution in [0.15, 0.2) is 53.5 Å². The third-order valence-electron chi connectivity index (χ3n) is 4.27. The molecule has 6 heteroatoms.